The van der Waals surface area contributed by atoms with E-state index in [-0.39, 0.29) is 23.8 Å². The van der Waals surface area contributed by atoms with E-state index in [1.165, 1.54) is 5.56 Å². The minimum absolute atomic E-state index is 0.0281. The lowest BCUT2D eigenvalue weighted by Gasteiger charge is -2.19. The van der Waals surface area contributed by atoms with Crippen LogP contribution in [-0.4, -0.2) is 25.0 Å². The molecule has 0 aliphatic carbocycles. The molecular weight excluding hydrogens is 328 g/mol. The highest BCUT2D eigenvalue weighted by molar-refractivity contribution is 6.04. The Bertz CT molecular complexity index is 744. The van der Waals surface area contributed by atoms with Gasteiger partial charge in [0.2, 0.25) is 0 Å². The number of likely N-dealkylation sites (N-methyl/N-ethyl adjacent to an activating group) is 1. The molecule has 0 saturated carbocycles. The zero-order valence-electron chi connectivity index (χ0n) is 15.8. The number of amides is 2. The number of hydrogen-bond donors (Lipinski definition) is 2. The van der Waals surface area contributed by atoms with Gasteiger partial charge in [-0.2, -0.15) is 0 Å². The molecule has 2 amide bonds. The summed E-state index contributed by atoms with van der Waals surface area (Å²) < 4.78 is 5.39. The van der Waals surface area contributed by atoms with Gasteiger partial charge >= 0.3 is 0 Å². The SMILES string of the molecule is CCNC(=O)COc1ccc(NC(=O)c2ccc(C(C)(C)C)cc2)cc1. The van der Waals surface area contributed by atoms with Crippen LogP contribution in [0.4, 0.5) is 5.69 Å². The van der Waals surface area contributed by atoms with Crippen LogP contribution in [0.5, 0.6) is 5.75 Å². The first-order chi connectivity index (χ1) is 12.3. The number of rotatable bonds is 6. The van der Waals surface area contributed by atoms with Crippen molar-refractivity contribution in [3.8, 4) is 5.75 Å². The maximum atomic E-state index is 12.4. The first-order valence-corrected chi connectivity index (χ1v) is 8.71. The molecule has 2 aromatic rings. The molecule has 2 aromatic carbocycles. The molecule has 0 spiro atoms. The van der Waals surface area contributed by atoms with Crippen molar-refractivity contribution in [3.05, 3.63) is 59.7 Å². The Morgan fingerprint density at radius 1 is 0.962 bits per heavy atom. The molecule has 2 N–H and O–H groups in total. The first-order valence-electron chi connectivity index (χ1n) is 8.71. The lowest BCUT2D eigenvalue weighted by Crippen LogP contribution is -2.28. The molecule has 0 saturated heterocycles. The topological polar surface area (TPSA) is 67.4 Å². The Morgan fingerprint density at radius 2 is 1.58 bits per heavy atom. The lowest BCUT2D eigenvalue weighted by atomic mass is 9.87. The van der Waals surface area contributed by atoms with Gasteiger partial charge in [-0.3, -0.25) is 9.59 Å². The summed E-state index contributed by atoms with van der Waals surface area (Å²) in [4.78, 5) is 23.7. The Kier molecular flexibility index (Phi) is 6.39. The largest absolute Gasteiger partial charge is 0.484 e. The van der Waals surface area contributed by atoms with E-state index in [2.05, 4.69) is 31.4 Å². The van der Waals surface area contributed by atoms with E-state index in [4.69, 9.17) is 4.74 Å². The number of carbonyl (C=O) groups excluding carboxylic acids is 2. The predicted molar refractivity (Wildman–Crippen MR) is 104 cm³/mol. The van der Waals surface area contributed by atoms with Crippen molar-refractivity contribution >= 4 is 17.5 Å². The minimum Gasteiger partial charge on any atom is -0.484 e. The minimum atomic E-state index is -0.165. The summed E-state index contributed by atoms with van der Waals surface area (Å²) >= 11 is 0. The van der Waals surface area contributed by atoms with Gasteiger partial charge in [-0.1, -0.05) is 32.9 Å². The maximum absolute atomic E-state index is 12.4. The van der Waals surface area contributed by atoms with Crippen molar-refractivity contribution in [1.82, 2.24) is 5.32 Å². The van der Waals surface area contributed by atoms with E-state index in [1.807, 2.05) is 31.2 Å². The van der Waals surface area contributed by atoms with E-state index in [0.717, 1.165) is 0 Å². The second-order valence-corrected chi connectivity index (χ2v) is 7.05. The standard InChI is InChI=1S/C21H26N2O3/c1-5-22-19(24)14-26-18-12-10-17(11-13-18)23-20(25)15-6-8-16(9-7-15)21(2,3)4/h6-13H,5,14H2,1-4H3,(H,22,24)(H,23,25). The molecule has 2 rings (SSSR count). The van der Waals surface area contributed by atoms with Gasteiger partial charge in [0.05, 0.1) is 0 Å². The molecule has 0 aliphatic rings. The maximum Gasteiger partial charge on any atom is 0.257 e. The molecule has 0 fully saturated rings. The third-order valence-corrected chi connectivity index (χ3v) is 3.87. The fraction of sp³-hybridized carbons (Fsp3) is 0.333. The first kappa shape index (κ1) is 19.5. The Balaban J connectivity index is 1.94. The number of hydrogen-bond acceptors (Lipinski definition) is 3. The Labute approximate surface area is 154 Å². The third-order valence-electron chi connectivity index (χ3n) is 3.87. The summed E-state index contributed by atoms with van der Waals surface area (Å²) in [6.45, 7) is 8.81. The Morgan fingerprint density at radius 3 is 2.12 bits per heavy atom. The molecule has 5 heteroatoms. The summed E-state index contributed by atoms with van der Waals surface area (Å²) in [5.74, 6) is 0.244. The summed E-state index contributed by atoms with van der Waals surface area (Å²) in [5, 5.41) is 5.52. The fourth-order valence-corrected chi connectivity index (χ4v) is 2.36. The van der Waals surface area contributed by atoms with Crippen LogP contribution in [-0.2, 0) is 10.2 Å². The van der Waals surface area contributed by atoms with Gasteiger partial charge < -0.3 is 15.4 Å². The monoisotopic (exact) mass is 354 g/mol. The van der Waals surface area contributed by atoms with Crippen LogP contribution < -0.4 is 15.4 Å². The van der Waals surface area contributed by atoms with Gasteiger partial charge in [-0.25, -0.2) is 0 Å². The summed E-state index contributed by atoms with van der Waals surface area (Å²) in [7, 11) is 0. The van der Waals surface area contributed by atoms with E-state index in [0.29, 0.717) is 23.5 Å². The number of benzene rings is 2. The average molecular weight is 354 g/mol. The summed E-state index contributed by atoms with van der Waals surface area (Å²) in [6.07, 6.45) is 0. The summed E-state index contributed by atoms with van der Waals surface area (Å²) in [6, 6.07) is 14.6. The summed E-state index contributed by atoms with van der Waals surface area (Å²) in [5.41, 5.74) is 2.51. The van der Waals surface area contributed by atoms with Gasteiger partial charge in [0.1, 0.15) is 5.75 Å². The fourth-order valence-electron chi connectivity index (χ4n) is 2.36. The van der Waals surface area contributed by atoms with Gasteiger partial charge in [-0.05, 0) is 54.3 Å². The van der Waals surface area contributed by atoms with Crippen LogP contribution in [0.3, 0.4) is 0 Å². The van der Waals surface area contributed by atoms with Gasteiger partial charge in [0.15, 0.2) is 6.61 Å². The zero-order valence-corrected chi connectivity index (χ0v) is 15.8. The van der Waals surface area contributed by atoms with Crippen molar-refractivity contribution in [2.45, 2.75) is 33.1 Å². The van der Waals surface area contributed by atoms with Crippen molar-refractivity contribution in [3.63, 3.8) is 0 Å². The smallest absolute Gasteiger partial charge is 0.257 e. The van der Waals surface area contributed by atoms with Crippen LogP contribution in [0.15, 0.2) is 48.5 Å². The third kappa shape index (κ3) is 5.62. The van der Waals surface area contributed by atoms with Crippen LogP contribution in [0, 0.1) is 0 Å². The van der Waals surface area contributed by atoms with Crippen LogP contribution in [0.2, 0.25) is 0 Å². The van der Waals surface area contributed by atoms with Crippen molar-refractivity contribution in [2.24, 2.45) is 0 Å². The van der Waals surface area contributed by atoms with E-state index >= 15 is 0 Å². The second-order valence-electron chi connectivity index (χ2n) is 7.05. The van der Waals surface area contributed by atoms with Gasteiger partial charge in [0.25, 0.3) is 11.8 Å². The average Bonchev–Trinajstić information content (AvgIpc) is 2.61. The van der Waals surface area contributed by atoms with Crippen LogP contribution in [0.25, 0.3) is 0 Å². The van der Waals surface area contributed by atoms with Gasteiger partial charge in [0, 0.05) is 17.8 Å². The molecule has 0 aromatic heterocycles. The normalized spacial score (nSPS) is 10.9. The van der Waals surface area contributed by atoms with Crippen molar-refractivity contribution < 1.29 is 14.3 Å². The highest BCUT2D eigenvalue weighted by Gasteiger charge is 2.14. The number of carbonyl (C=O) groups is 2. The number of anilines is 1. The van der Waals surface area contributed by atoms with Crippen LogP contribution in [0.1, 0.15) is 43.6 Å². The van der Waals surface area contributed by atoms with Crippen molar-refractivity contribution in [1.29, 1.82) is 0 Å². The molecule has 5 nitrogen and oxygen atoms in total. The molecule has 0 radical (unpaired) electrons. The number of ether oxygens (including phenoxy) is 1. The molecule has 0 aliphatic heterocycles. The predicted octanol–water partition coefficient (Wildman–Crippen LogP) is 3.75. The second kappa shape index (κ2) is 8.52. The highest BCUT2D eigenvalue weighted by Crippen LogP contribution is 2.22. The molecule has 0 heterocycles. The van der Waals surface area contributed by atoms with Crippen LogP contribution >= 0.6 is 0 Å². The molecule has 26 heavy (non-hydrogen) atoms. The highest BCUT2D eigenvalue weighted by atomic mass is 16.5. The van der Waals surface area contributed by atoms with E-state index in [9.17, 15) is 9.59 Å². The van der Waals surface area contributed by atoms with Crippen molar-refractivity contribution in [2.75, 3.05) is 18.5 Å². The number of nitrogens with one attached hydrogen (secondary N) is 2. The molecule has 0 atom stereocenters. The molecule has 138 valence electrons. The zero-order chi connectivity index (χ0) is 19.2. The van der Waals surface area contributed by atoms with E-state index in [1.54, 1.807) is 24.3 Å². The van der Waals surface area contributed by atoms with Gasteiger partial charge in [-0.15, -0.1) is 0 Å². The van der Waals surface area contributed by atoms with E-state index < -0.39 is 0 Å². The molecular formula is C21H26N2O3. The lowest BCUT2D eigenvalue weighted by molar-refractivity contribution is -0.122. The molecule has 0 unspecified atom stereocenters. The molecule has 0 bridgehead atoms. The Hall–Kier alpha value is -2.82. The quantitative estimate of drug-likeness (QED) is 0.830.